The molecule has 1 aliphatic heterocycles. The molecular formula is C19H23N3O4. The Hall–Kier alpha value is -2.57. The molecule has 2 heterocycles. The quantitative estimate of drug-likeness (QED) is 0.826. The van der Waals surface area contributed by atoms with Crippen molar-refractivity contribution in [2.24, 2.45) is 13.0 Å². The number of carbonyl (C=O) groups is 2. The molecule has 2 aromatic rings. The molecule has 0 radical (unpaired) electrons. The maximum absolute atomic E-state index is 12.7. The lowest BCUT2D eigenvalue weighted by atomic mass is 10.1. The summed E-state index contributed by atoms with van der Waals surface area (Å²) in [6.07, 6.45) is 3.12. The monoisotopic (exact) mass is 357 g/mol. The van der Waals surface area contributed by atoms with Crippen molar-refractivity contribution in [3.63, 3.8) is 0 Å². The summed E-state index contributed by atoms with van der Waals surface area (Å²) in [4.78, 5) is 40.3. The fraction of sp³-hybridized carbons (Fsp3) is 0.526. The molecule has 0 atom stereocenters. The number of aromatic nitrogens is 1. The summed E-state index contributed by atoms with van der Waals surface area (Å²) in [5.74, 6) is 0.131. The summed E-state index contributed by atoms with van der Waals surface area (Å²) in [6, 6.07) is 5.39. The maximum Gasteiger partial charge on any atom is 0.419 e. The minimum Gasteiger partial charge on any atom is -0.408 e. The standard InChI is InChI=1S/C19H23N3O4/c1-20-15-11-13(3-6-16(15)26-19(20)25)12-17(23)21-7-2-8-22(10-9-21)18(24)14-4-5-14/h3,6,11,14H,2,4-5,7-10,12H2,1H3. The molecule has 2 fully saturated rings. The normalized spacial score (nSPS) is 18.2. The molecule has 1 saturated carbocycles. The third-order valence-electron chi connectivity index (χ3n) is 5.30. The Kier molecular flexibility index (Phi) is 4.30. The smallest absolute Gasteiger partial charge is 0.408 e. The first-order chi connectivity index (χ1) is 12.5. The van der Waals surface area contributed by atoms with Crippen molar-refractivity contribution in [2.75, 3.05) is 26.2 Å². The number of fused-ring (bicyclic) bond motifs is 1. The average molecular weight is 357 g/mol. The number of benzene rings is 1. The van der Waals surface area contributed by atoms with Crippen LogP contribution in [0.2, 0.25) is 0 Å². The topological polar surface area (TPSA) is 75.8 Å². The SMILES string of the molecule is Cn1c(=O)oc2ccc(CC(=O)N3CCCN(C(=O)C4CC4)CC3)cc21. The van der Waals surface area contributed by atoms with E-state index in [2.05, 4.69) is 0 Å². The van der Waals surface area contributed by atoms with E-state index in [1.807, 2.05) is 21.9 Å². The van der Waals surface area contributed by atoms with E-state index in [0.717, 1.165) is 31.4 Å². The predicted octanol–water partition coefficient (Wildman–Crippen LogP) is 1.14. The van der Waals surface area contributed by atoms with Crippen LogP contribution < -0.4 is 5.76 Å². The van der Waals surface area contributed by atoms with Crippen molar-refractivity contribution in [3.05, 3.63) is 34.3 Å². The van der Waals surface area contributed by atoms with Gasteiger partial charge in [-0.05, 0) is 37.0 Å². The van der Waals surface area contributed by atoms with Crippen LogP contribution in [0.15, 0.2) is 27.4 Å². The van der Waals surface area contributed by atoms with Gasteiger partial charge in [0, 0.05) is 39.1 Å². The number of nitrogens with zero attached hydrogens (tertiary/aromatic N) is 3. The van der Waals surface area contributed by atoms with Gasteiger partial charge in [-0.15, -0.1) is 0 Å². The maximum atomic E-state index is 12.7. The second-order valence-corrected chi connectivity index (χ2v) is 7.24. The summed E-state index contributed by atoms with van der Waals surface area (Å²) < 4.78 is 6.57. The molecule has 0 bridgehead atoms. The van der Waals surface area contributed by atoms with Crippen LogP contribution in [0, 0.1) is 5.92 Å². The number of hydrogen-bond acceptors (Lipinski definition) is 4. The molecule has 26 heavy (non-hydrogen) atoms. The first-order valence-corrected chi connectivity index (χ1v) is 9.18. The molecule has 1 aromatic carbocycles. The largest absolute Gasteiger partial charge is 0.419 e. The molecule has 1 aliphatic carbocycles. The van der Waals surface area contributed by atoms with Crippen LogP contribution in [0.3, 0.4) is 0 Å². The van der Waals surface area contributed by atoms with Crippen molar-refractivity contribution in [1.82, 2.24) is 14.4 Å². The van der Waals surface area contributed by atoms with Gasteiger partial charge in [0.25, 0.3) is 0 Å². The zero-order chi connectivity index (χ0) is 18.3. The number of amides is 2. The zero-order valence-electron chi connectivity index (χ0n) is 14.9. The zero-order valence-corrected chi connectivity index (χ0v) is 14.9. The van der Waals surface area contributed by atoms with Gasteiger partial charge < -0.3 is 14.2 Å². The van der Waals surface area contributed by atoms with Crippen molar-refractivity contribution >= 4 is 22.9 Å². The number of aryl methyl sites for hydroxylation is 1. The van der Waals surface area contributed by atoms with Gasteiger partial charge in [-0.2, -0.15) is 0 Å². The van der Waals surface area contributed by atoms with Gasteiger partial charge in [0.2, 0.25) is 11.8 Å². The van der Waals surface area contributed by atoms with E-state index in [0.29, 0.717) is 30.7 Å². The minimum absolute atomic E-state index is 0.0542. The highest BCUT2D eigenvalue weighted by Gasteiger charge is 2.34. The van der Waals surface area contributed by atoms with Gasteiger partial charge in [-0.25, -0.2) is 4.79 Å². The van der Waals surface area contributed by atoms with Gasteiger partial charge in [0.1, 0.15) is 0 Å². The van der Waals surface area contributed by atoms with Crippen molar-refractivity contribution in [3.8, 4) is 0 Å². The van der Waals surface area contributed by atoms with Gasteiger partial charge in [-0.3, -0.25) is 14.2 Å². The summed E-state index contributed by atoms with van der Waals surface area (Å²) >= 11 is 0. The van der Waals surface area contributed by atoms with Crippen molar-refractivity contribution in [2.45, 2.75) is 25.7 Å². The van der Waals surface area contributed by atoms with E-state index in [1.165, 1.54) is 4.57 Å². The van der Waals surface area contributed by atoms with Gasteiger partial charge in [-0.1, -0.05) is 6.07 Å². The number of carbonyl (C=O) groups excluding carboxylic acids is 2. The molecule has 4 rings (SSSR count). The average Bonchev–Trinajstić information content (AvgIpc) is 3.45. The van der Waals surface area contributed by atoms with Crippen LogP contribution in [0.4, 0.5) is 0 Å². The van der Waals surface area contributed by atoms with Crippen LogP contribution in [-0.4, -0.2) is 52.4 Å². The Labute approximate surface area is 151 Å². The summed E-state index contributed by atoms with van der Waals surface area (Å²) in [5.41, 5.74) is 2.07. The van der Waals surface area contributed by atoms with Crippen LogP contribution in [0.5, 0.6) is 0 Å². The Balaban J connectivity index is 1.42. The Morgan fingerprint density at radius 3 is 2.62 bits per heavy atom. The van der Waals surface area contributed by atoms with E-state index in [9.17, 15) is 14.4 Å². The van der Waals surface area contributed by atoms with Crippen LogP contribution >= 0.6 is 0 Å². The third-order valence-corrected chi connectivity index (χ3v) is 5.30. The summed E-state index contributed by atoms with van der Waals surface area (Å²) in [6.45, 7) is 2.63. The highest BCUT2D eigenvalue weighted by Crippen LogP contribution is 2.31. The van der Waals surface area contributed by atoms with E-state index in [4.69, 9.17) is 4.42 Å². The van der Waals surface area contributed by atoms with Crippen LogP contribution in [-0.2, 0) is 23.1 Å². The van der Waals surface area contributed by atoms with Crippen molar-refractivity contribution in [1.29, 1.82) is 0 Å². The van der Waals surface area contributed by atoms with Crippen LogP contribution in [0.25, 0.3) is 11.1 Å². The van der Waals surface area contributed by atoms with E-state index in [1.54, 1.807) is 13.1 Å². The summed E-state index contributed by atoms with van der Waals surface area (Å²) in [7, 11) is 1.65. The molecule has 138 valence electrons. The molecule has 7 nitrogen and oxygen atoms in total. The van der Waals surface area contributed by atoms with Crippen LogP contribution in [0.1, 0.15) is 24.8 Å². The minimum atomic E-state index is -0.406. The number of rotatable bonds is 3. The molecule has 0 N–H and O–H groups in total. The molecule has 1 aromatic heterocycles. The van der Waals surface area contributed by atoms with Gasteiger partial charge in [0.15, 0.2) is 5.58 Å². The summed E-state index contributed by atoms with van der Waals surface area (Å²) in [5, 5.41) is 0. The Morgan fingerprint density at radius 2 is 1.85 bits per heavy atom. The highest BCUT2D eigenvalue weighted by molar-refractivity contribution is 5.82. The lowest BCUT2D eigenvalue weighted by Gasteiger charge is -2.22. The van der Waals surface area contributed by atoms with Gasteiger partial charge in [0.05, 0.1) is 11.9 Å². The fourth-order valence-electron chi connectivity index (χ4n) is 3.54. The predicted molar refractivity (Wildman–Crippen MR) is 95.7 cm³/mol. The number of oxazole rings is 1. The molecule has 0 unspecified atom stereocenters. The van der Waals surface area contributed by atoms with E-state index >= 15 is 0 Å². The molecule has 2 aliphatic rings. The molecule has 0 spiro atoms. The molecule has 7 heteroatoms. The second kappa shape index (κ2) is 6.63. The first kappa shape index (κ1) is 16.9. The number of hydrogen-bond donors (Lipinski definition) is 0. The first-order valence-electron chi connectivity index (χ1n) is 9.18. The second-order valence-electron chi connectivity index (χ2n) is 7.24. The lowest BCUT2D eigenvalue weighted by molar-refractivity contribution is -0.134. The Morgan fingerprint density at radius 1 is 1.12 bits per heavy atom. The molecular weight excluding hydrogens is 334 g/mol. The highest BCUT2D eigenvalue weighted by atomic mass is 16.4. The third kappa shape index (κ3) is 3.25. The lowest BCUT2D eigenvalue weighted by Crippen LogP contribution is -2.38. The van der Waals surface area contributed by atoms with E-state index in [-0.39, 0.29) is 24.2 Å². The van der Waals surface area contributed by atoms with E-state index < -0.39 is 5.76 Å². The Bertz CT molecular complexity index is 909. The van der Waals surface area contributed by atoms with Gasteiger partial charge >= 0.3 is 5.76 Å². The van der Waals surface area contributed by atoms with Crippen molar-refractivity contribution < 1.29 is 14.0 Å². The molecule has 2 amide bonds. The fourth-order valence-corrected chi connectivity index (χ4v) is 3.54. The molecule has 1 saturated heterocycles.